The van der Waals surface area contributed by atoms with Gasteiger partial charge in [0, 0.05) is 19.1 Å². The molecule has 0 spiro atoms. The SMILES string of the molecule is CC1C[C@@H]2CN(C(C)C)C[C@@H]2C1. The number of likely N-dealkylation sites (tertiary alicyclic amines) is 1. The lowest BCUT2D eigenvalue weighted by atomic mass is 10.0. The molecule has 0 aromatic heterocycles. The number of hydrogen-bond acceptors (Lipinski definition) is 1. The van der Waals surface area contributed by atoms with Crippen LogP contribution < -0.4 is 0 Å². The van der Waals surface area contributed by atoms with Crippen LogP contribution in [0.15, 0.2) is 0 Å². The molecule has 3 atom stereocenters. The minimum absolute atomic E-state index is 0.769. The van der Waals surface area contributed by atoms with Crippen molar-refractivity contribution in [3.63, 3.8) is 0 Å². The highest BCUT2D eigenvalue weighted by atomic mass is 15.2. The monoisotopic (exact) mass is 167 g/mol. The standard InChI is InChI=1S/C11H21N/c1-8(2)12-6-10-4-9(3)5-11(10)7-12/h8-11H,4-7H2,1-3H3/t9?,10-,11+. The third kappa shape index (κ3) is 1.39. The number of nitrogens with zero attached hydrogens (tertiary/aromatic N) is 1. The Morgan fingerprint density at radius 3 is 2.00 bits per heavy atom. The van der Waals surface area contributed by atoms with Crippen molar-refractivity contribution >= 4 is 0 Å². The first-order valence-corrected chi connectivity index (χ1v) is 5.41. The third-order valence-corrected chi connectivity index (χ3v) is 3.75. The summed E-state index contributed by atoms with van der Waals surface area (Å²) in [5, 5.41) is 0. The van der Waals surface area contributed by atoms with Gasteiger partial charge in [0.15, 0.2) is 0 Å². The molecule has 1 heterocycles. The van der Waals surface area contributed by atoms with Gasteiger partial charge in [-0.05, 0) is 44.4 Å². The molecule has 1 saturated heterocycles. The lowest BCUT2D eigenvalue weighted by Crippen LogP contribution is -2.29. The Morgan fingerprint density at radius 2 is 1.58 bits per heavy atom. The molecule has 0 aromatic rings. The van der Waals surface area contributed by atoms with Crippen LogP contribution in [0.25, 0.3) is 0 Å². The first-order chi connectivity index (χ1) is 5.66. The highest BCUT2D eigenvalue weighted by Gasteiger charge is 2.39. The Balaban J connectivity index is 1.93. The lowest BCUT2D eigenvalue weighted by Gasteiger charge is -2.21. The number of hydrogen-bond donors (Lipinski definition) is 0. The second-order valence-corrected chi connectivity index (χ2v) is 5.14. The highest BCUT2D eigenvalue weighted by Crippen LogP contribution is 2.41. The van der Waals surface area contributed by atoms with Gasteiger partial charge in [0.25, 0.3) is 0 Å². The van der Waals surface area contributed by atoms with E-state index in [2.05, 4.69) is 25.7 Å². The fraction of sp³-hybridized carbons (Fsp3) is 1.00. The van der Waals surface area contributed by atoms with Gasteiger partial charge in [-0.2, -0.15) is 0 Å². The zero-order valence-corrected chi connectivity index (χ0v) is 8.59. The average Bonchev–Trinajstić information content (AvgIpc) is 2.42. The van der Waals surface area contributed by atoms with E-state index < -0.39 is 0 Å². The van der Waals surface area contributed by atoms with Crippen molar-refractivity contribution in [1.82, 2.24) is 4.90 Å². The zero-order chi connectivity index (χ0) is 8.72. The zero-order valence-electron chi connectivity index (χ0n) is 8.59. The Morgan fingerprint density at radius 1 is 1.08 bits per heavy atom. The summed E-state index contributed by atoms with van der Waals surface area (Å²) in [6.45, 7) is 9.83. The molecule has 12 heavy (non-hydrogen) atoms. The largest absolute Gasteiger partial charge is 0.300 e. The van der Waals surface area contributed by atoms with Crippen molar-refractivity contribution in [2.45, 2.75) is 39.7 Å². The van der Waals surface area contributed by atoms with Crippen molar-refractivity contribution in [3.8, 4) is 0 Å². The molecule has 1 nitrogen and oxygen atoms in total. The summed E-state index contributed by atoms with van der Waals surface area (Å²) in [5.41, 5.74) is 0. The average molecular weight is 167 g/mol. The van der Waals surface area contributed by atoms with Gasteiger partial charge >= 0.3 is 0 Å². The second kappa shape index (κ2) is 3.02. The van der Waals surface area contributed by atoms with Crippen molar-refractivity contribution in [2.24, 2.45) is 17.8 Å². The molecule has 0 radical (unpaired) electrons. The summed E-state index contributed by atoms with van der Waals surface area (Å²) >= 11 is 0. The Hall–Kier alpha value is -0.0400. The summed E-state index contributed by atoms with van der Waals surface area (Å²) in [7, 11) is 0. The quantitative estimate of drug-likeness (QED) is 0.579. The molecule has 1 aliphatic carbocycles. The van der Waals surface area contributed by atoms with Gasteiger partial charge in [0.05, 0.1) is 0 Å². The van der Waals surface area contributed by atoms with Gasteiger partial charge in [0.2, 0.25) is 0 Å². The Bertz CT molecular complexity index is 150. The normalized spacial score (nSPS) is 42.5. The molecule has 2 rings (SSSR count). The van der Waals surface area contributed by atoms with E-state index in [0.717, 1.165) is 23.8 Å². The summed E-state index contributed by atoms with van der Waals surface area (Å²) in [5.74, 6) is 3.10. The van der Waals surface area contributed by atoms with Gasteiger partial charge in [-0.1, -0.05) is 6.92 Å². The van der Waals surface area contributed by atoms with Crippen LogP contribution in [0.3, 0.4) is 0 Å². The van der Waals surface area contributed by atoms with Crippen molar-refractivity contribution in [2.75, 3.05) is 13.1 Å². The molecule has 2 fully saturated rings. The molecule has 0 aromatic carbocycles. The number of rotatable bonds is 1. The Kier molecular flexibility index (Phi) is 2.16. The van der Waals surface area contributed by atoms with Gasteiger partial charge in [-0.25, -0.2) is 0 Å². The van der Waals surface area contributed by atoms with E-state index >= 15 is 0 Å². The van der Waals surface area contributed by atoms with Crippen LogP contribution in [-0.2, 0) is 0 Å². The molecular weight excluding hydrogens is 146 g/mol. The molecule has 0 N–H and O–H groups in total. The lowest BCUT2D eigenvalue weighted by molar-refractivity contribution is 0.248. The van der Waals surface area contributed by atoms with Gasteiger partial charge < -0.3 is 4.90 Å². The topological polar surface area (TPSA) is 3.24 Å². The van der Waals surface area contributed by atoms with Crippen LogP contribution in [0, 0.1) is 17.8 Å². The Labute approximate surface area is 76.1 Å². The fourth-order valence-electron chi connectivity index (χ4n) is 3.06. The van der Waals surface area contributed by atoms with E-state index in [4.69, 9.17) is 0 Å². The maximum Gasteiger partial charge on any atom is 0.00388 e. The van der Waals surface area contributed by atoms with E-state index in [1.807, 2.05) is 0 Å². The van der Waals surface area contributed by atoms with Crippen molar-refractivity contribution < 1.29 is 0 Å². The molecule has 1 unspecified atom stereocenters. The van der Waals surface area contributed by atoms with Crippen LogP contribution in [0.1, 0.15) is 33.6 Å². The smallest absolute Gasteiger partial charge is 0.00388 e. The molecule has 0 bridgehead atoms. The number of fused-ring (bicyclic) bond motifs is 1. The molecule has 1 aliphatic heterocycles. The van der Waals surface area contributed by atoms with E-state index in [1.54, 1.807) is 0 Å². The summed E-state index contributed by atoms with van der Waals surface area (Å²) in [6, 6.07) is 0.769. The molecular formula is C11H21N. The van der Waals surface area contributed by atoms with Crippen LogP contribution in [-0.4, -0.2) is 24.0 Å². The highest BCUT2D eigenvalue weighted by molar-refractivity contribution is 4.91. The molecule has 70 valence electrons. The minimum Gasteiger partial charge on any atom is -0.300 e. The molecule has 1 heteroatoms. The first-order valence-electron chi connectivity index (χ1n) is 5.41. The van der Waals surface area contributed by atoms with Crippen LogP contribution in [0.5, 0.6) is 0 Å². The predicted octanol–water partition coefficient (Wildman–Crippen LogP) is 2.37. The minimum atomic E-state index is 0.769. The third-order valence-electron chi connectivity index (χ3n) is 3.75. The van der Waals surface area contributed by atoms with Crippen molar-refractivity contribution in [3.05, 3.63) is 0 Å². The maximum absolute atomic E-state index is 2.65. The second-order valence-electron chi connectivity index (χ2n) is 5.14. The molecule has 2 aliphatic rings. The van der Waals surface area contributed by atoms with Crippen LogP contribution in [0.2, 0.25) is 0 Å². The van der Waals surface area contributed by atoms with Crippen molar-refractivity contribution in [1.29, 1.82) is 0 Å². The molecule has 1 saturated carbocycles. The van der Waals surface area contributed by atoms with Crippen LogP contribution in [0.4, 0.5) is 0 Å². The summed E-state index contributed by atoms with van der Waals surface area (Å²) < 4.78 is 0. The summed E-state index contributed by atoms with van der Waals surface area (Å²) in [6.07, 6.45) is 2.99. The van der Waals surface area contributed by atoms with E-state index in [-0.39, 0.29) is 0 Å². The van der Waals surface area contributed by atoms with Gasteiger partial charge in [0.1, 0.15) is 0 Å². The van der Waals surface area contributed by atoms with E-state index in [0.29, 0.717) is 0 Å². The van der Waals surface area contributed by atoms with Crippen LogP contribution >= 0.6 is 0 Å². The molecule has 0 amide bonds. The van der Waals surface area contributed by atoms with E-state index in [1.165, 1.54) is 25.9 Å². The first kappa shape index (κ1) is 8.55. The maximum atomic E-state index is 2.65. The van der Waals surface area contributed by atoms with Gasteiger partial charge in [-0.3, -0.25) is 0 Å². The van der Waals surface area contributed by atoms with Gasteiger partial charge in [-0.15, -0.1) is 0 Å². The van der Waals surface area contributed by atoms with E-state index in [9.17, 15) is 0 Å². The predicted molar refractivity (Wildman–Crippen MR) is 52.1 cm³/mol. The summed E-state index contributed by atoms with van der Waals surface area (Å²) in [4.78, 5) is 2.65. The fourth-order valence-corrected chi connectivity index (χ4v) is 3.06.